The fourth-order valence-corrected chi connectivity index (χ4v) is 3.24. The minimum absolute atomic E-state index is 0.122. The van der Waals surface area contributed by atoms with E-state index in [2.05, 4.69) is 20.6 Å². The van der Waals surface area contributed by atoms with Gasteiger partial charge in [0, 0.05) is 30.1 Å². The Bertz CT molecular complexity index is 601. The summed E-state index contributed by atoms with van der Waals surface area (Å²) in [5.41, 5.74) is 5.69. The van der Waals surface area contributed by atoms with Crippen LogP contribution in [0.15, 0.2) is 11.6 Å². The molecule has 0 aromatic carbocycles. The summed E-state index contributed by atoms with van der Waals surface area (Å²) in [5, 5.41) is 9.64. The van der Waals surface area contributed by atoms with Crippen LogP contribution in [0.5, 0.6) is 0 Å². The third kappa shape index (κ3) is 4.68. The number of nitrogens with two attached hydrogens (primary N) is 1. The fraction of sp³-hybridized carbons (Fsp3) is 0.462. The predicted octanol–water partition coefficient (Wildman–Crippen LogP) is 2.36. The van der Waals surface area contributed by atoms with Gasteiger partial charge in [-0.25, -0.2) is 9.97 Å². The second-order valence-corrected chi connectivity index (χ2v) is 7.52. The second-order valence-electron chi connectivity index (χ2n) is 5.54. The van der Waals surface area contributed by atoms with Crippen LogP contribution in [0.25, 0.3) is 0 Å². The molecule has 0 aliphatic heterocycles. The number of nitrogens with zero attached hydrogens (tertiary/aromatic N) is 2. The molecule has 0 saturated heterocycles. The zero-order chi connectivity index (χ0) is 15.5. The Morgan fingerprint density at radius 2 is 2.19 bits per heavy atom. The molecule has 114 valence electrons. The molecular weight excluding hydrogens is 306 g/mol. The number of aromatic nitrogens is 2. The first kappa shape index (κ1) is 15.7. The van der Waals surface area contributed by atoms with E-state index >= 15 is 0 Å². The van der Waals surface area contributed by atoms with E-state index in [1.807, 2.05) is 26.2 Å². The summed E-state index contributed by atoms with van der Waals surface area (Å²) in [6.45, 7) is 6.61. The summed E-state index contributed by atoms with van der Waals surface area (Å²) in [5.74, 6) is 0.0713. The van der Waals surface area contributed by atoms with Crippen molar-refractivity contribution in [2.24, 2.45) is 0 Å². The van der Waals surface area contributed by atoms with Gasteiger partial charge in [0.1, 0.15) is 10.7 Å². The molecule has 0 atom stereocenters. The van der Waals surface area contributed by atoms with Gasteiger partial charge in [0.2, 0.25) is 0 Å². The van der Waals surface area contributed by atoms with Crippen molar-refractivity contribution >= 4 is 39.5 Å². The number of nitrogens with one attached hydrogen (secondary N) is 2. The number of hydrogen-bond donors (Lipinski definition) is 3. The Kier molecular flexibility index (Phi) is 4.79. The molecule has 0 radical (unpaired) electrons. The van der Waals surface area contributed by atoms with Crippen LogP contribution in [-0.4, -0.2) is 28.0 Å². The third-order valence-corrected chi connectivity index (χ3v) is 4.27. The van der Waals surface area contributed by atoms with Gasteiger partial charge in [-0.3, -0.25) is 4.79 Å². The molecule has 0 unspecified atom stereocenters. The molecule has 0 spiro atoms. The molecule has 8 heteroatoms. The first-order valence-electron chi connectivity index (χ1n) is 6.56. The van der Waals surface area contributed by atoms with Crippen molar-refractivity contribution in [2.45, 2.75) is 32.7 Å². The van der Waals surface area contributed by atoms with Gasteiger partial charge in [0.05, 0.1) is 5.01 Å². The quantitative estimate of drug-likeness (QED) is 0.785. The molecule has 6 nitrogen and oxygen atoms in total. The Morgan fingerprint density at radius 1 is 1.43 bits per heavy atom. The number of anilines is 2. The molecule has 21 heavy (non-hydrogen) atoms. The van der Waals surface area contributed by atoms with Gasteiger partial charge >= 0.3 is 0 Å². The first-order chi connectivity index (χ1) is 9.85. The number of amides is 1. The highest BCUT2D eigenvalue weighted by Crippen LogP contribution is 2.27. The summed E-state index contributed by atoms with van der Waals surface area (Å²) in [4.78, 5) is 20.9. The molecular formula is C13H19N5OS2. The summed E-state index contributed by atoms with van der Waals surface area (Å²) in [6.07, 6.45) is 2.47. The van der Waals surface area contributed by atoms with Crippen molar-refractivity contribution < 1.29 is 4.79 Å². The van der Waals surface area contributed by atoms with Crippen LogP contribution >= 0.6 is 22.7 Å². The summed E-state index contributed by atoms with van der Waals surface area (Å²) >= 11 is 2.85. The lowest BCUT2D eigenvalue weighted by atomic mass is 10.1. The molecule has 1 amide bonds. The van der Waals surface area contributed by atoms with E-state index in [4.69, 9.17) is 5.73 Å². The Morgan fingerprint density at radius 3 is 2.81 bits per heavy atom. The van der Waals surface area contributed by atoms with Crippen molar-refractivity contribution in [2.75, 3.05) is 17.6 Å². The molecule has 4 N–H and O–H groups in total. The molecule has 0 saturated carbocycles. The molecule has 0 fully saturated rings. The highest BCUT2D eigenvalue weighted by atomic mass is 32.1. The van der Waals surface area contributed by atoms with E-state index < -0.39 is 0 Å². The van der Waals surface area contributed by atoms with Crippen molar-refractivity contribution in [1.29, 1.82) is 0 Å². The zero-order valence-corrected chi connectivity index (χ0v) is 13.9. The Hall–Kier alpha value is -1.67. The highest BCUT2D eigenvalue weighted by Gasteiger charge is 2.18. The van der Waals surface area contributed by atoms with E-state index in [0.29, 0.717) is 16.6 Å². The lowest BCUT2D eigenvalue weighted by molar-refractivity contribution is 0.0959. The fourth-order valence-electron chi connectivity index (χ4n) is 1.61. The monoisotopic (exact) mass is 325 g/mol. The van der Waals surface area contributed by atoms with E-state index in [1.165, 1.54) is 11.3 Å². The van der Waals surface area contributed by atoms with Gasteiger partial charge in [-0.2, -0.15) is 0 Å². The van der Waals surface area contributed by atoms with Crippen LogP contribution in [0.1, 0.15) is 35.5 Å². The van der Waals surface area contributed by atoms with Crippen LogP contribution in [0.2, 0.25) is 0 Å². The van der Waals surface area contributed by atoms with Gasteiger partial charge in [0.25, 0.3) is 5.91 Å². The van der Waals surface area contributed by atoms with Crippen LogP contribution in [0.3, 0.4) is 0 Å². The van der Waals surface area contributed by atoms with E-state index in [-0.39, 0.29) is 17.3 Å². The number of carbonyl (C=O) groups excluding carboxylic acids is 1. The summed E-state index contributed by atoms with van der Waals surface area (Å²) < 4.78 is 0. The maximum absolute atomic E-state index is 12.1. The van der Waals surface area contributed by atoms with Crippen molar-refractivity contribution in [3.63, 3.8) is 0 Å². The predicted molar refractivity (Wildman–Crippen MR) is 88.1 cm³/mol. The first-order valence-corrected chi connectivity index (χ1v) is 8.26. The summed E-state index contributed by atoms with van der Waals surface area (Å²) in [6, 6.07) is 0. The minimum Gasteiger partial charge on any atom is -0.382 e. The molecule has 2 aromatic rings. The molecule has 0 aliphatic rings. The zero-order valence-electron chi connectivity index (χ0n) is 12.3. The van der Waals surface area contributed by atoms with E-state index in [1.54, 1.807) is 17.5 Å². The second kappa shape index (κ2) is 6.40. The van der Waals surface area contributed by atoms with Gasteiger partial charge in [-0.15, -0.1) is 11.3 Å². The average Bonchev–Trinajstić information content (AvgIpc) is 2.97. The number of carbonyl (C=O) groups is 1. The average molecular weight is 325 g/mol. The molecule has 2 heterocycles. The normalized spacial score (nSPS) is 11.4. The van der Waals surface area contributed by atoms with Gasteiger partial charge in [-0.05, 0) is 20.8 Å². The highest BCUT2D eigenvalue weighted by molar-refractivity contribution is 7.18. The van der Waals surface area contributed by atoms with E-state index in [9.17, 15) is 4.79 Å². The van der Waals surface area contributed by atoms with Crippen LogP contribution in [0.4, 0.5) is 10.9 Å². The largest absolute Gasteiger partial charge is 0.382 e. The van der Waals surface area contributed by atoms with Crippen LogP contribution in [-0.2, 0) is 6.42 Å². The van der Waals surface area contributed by atoms with Gasteiger partial charge in [-0.1, -0.05) is 11.3 Å². The van der Waals surface area contributed by atoms with Crippen LogP contribution < -0.4 is 16.4 Å². The topological polar surface area (TPSA) is 92.9 Å². The van der Waals surface area contributed by atoms with Gasteiger partial charge < -0.3 is 16.4 Å². The van der Waals surface area contributed by atoms with E-state index in [0.717, 1.165) is 11.4 Å². The number of hydrogen-bond acceptors (Lipinski definition) is 7. The molecule has 2 rings (SSSR count). The van der Waals surface area contributed by atoms with Gasteiger partial charge in [0.15, 0.2) is 5.13 Å². The maximum Gasteiger partial charge on any atom is 0.265 e. The van der Waals surface area contributed by atoms with Crippen molar-refractivity contribution in [1.82, 2.24) is 15.3 Å². The molecule has 2 aromatic heterocycles. The Balaban J connectivity index is 1.92. The number of thiazole rings is 2. The van der Waals surface area contributed by atoms with Crippen LogP contribution in [0, 0.1) is 0 Å². The maximum atomic E-state index is 12.1. The number of rotatable bonds is 5. The summed E-state index contributed by atoms with van der Waals surface area (Å²) in [7, 11) is 0. The molecule has 0 aliphatic carbocycles. The smallest absolute Gasteiger partial charge is 0.265 e. The van der Waals surface area contributed by atoms with Crippen molar-refractivity contribution in [3.8, 4) is 0 Å². The standard InChI is InChI=1S/C13H19N5OS2/c1-13(2,3)18-12-17-10(14)9(21-12)11(19)16-5-4-8-15-6-7-20-8/h6-7H,4-5,14H2,1-3H3,(H,16,19)(H,17,18). The number of nitrogen functional groups attached to an aromatic ring is 1. The van der Waals surface area contributed by atoms with Crippen molar-refractivity contribution in [3.05, 3.63) is 21.5 Å². The molecule has 0 bridgehead atoms. The lowest BCUT2D eigenvalue weighted by Crippen LogP contribution is -2.26. The lowest BCUT2D eigenvalue weighted by Gasteiger charge is -2.19. The Labute approximate surface area is 131 Å². The minimum atomic E-state index is -0.191. The SMILES string of the molecule is CC(C)(C)Nc1nc(N)c(C(=O)NCCc2nccs2)s1. The third-order valence-electron chi connectivity index (χ3n) is 2.45.